The number of halogens is 1. The van der Waals surface area contributed by atoms with Crippen LogP contribution in [-0.2, 0) is 6.54 Å². The van der Waals surface area contributed by atoms with E-state index in [-0.39, 0.29) is 6.61 Å². The number of benzene rings is 1. The van der Waals surface area contributed by atoms with Gasteiger partial charge in [-0.25, -0.2) is 4.98 Å². The first-order valence-corrected chi connectivity index (χ1v) is 6.66. The molecule has 0 aliphatic carbocycles. The van der Waals surface area contributed by atoms with E-state index in [0.717, 1.165) is 13.0 Å². The molecule has 1 N–H and O–H groups in total. The van der Waals surface area contributed by atoms with Crippen LogP contribution in [0.15, 0.2) is 36.7 Å². The minimum Gasteiger partial charge on any atom is -0.490 e. The number of imidazole rings is 1. The summed E-state index contributed by atoms with van der Waals surface area (Å²) in [7, 11) is 0. The van der Waals surface area contributed by atoms with Gasteiger partial charge in [-0.15, -0.1) is 0 Å². The summed E-state index contributed by atoms with van der Waals surface area (Å²) in [6, 6.07) is 7.10. The third-order valence-electron chi connectivity index (χ3n) is 2.71. The highest BCUT2D eigenvalue weighted by Gasteiger charge is 2.14. The Kier molecular flexibility index (Phi) is 4.82. The van der Waals surface area contributed by atoms with E-state index in [9.17, 15) is 5.11 Å². The molecule has 1 atom stereocenters. The molecule has 0 spiro atoms. The van der Waals surface area contributed by atoms with Crippen LogP contribution in [0.25, 0.3) is 0 Å². The van der Waals surface area contributed by atoms with Gasteiger partial charge in [-0.05, 0) is 24.6 Å². The smallest absolute Gasteiger partial charge is 0.146 e. The second kappa shape index (κ2) is 6.59. The van der Waals surface area contributed by atoms with Crippen LogP contribution in [0.4, 0.5) is 0 Å². The second-order valence-corrected chi connectivity index (χ2v) is 4.70. The maximum Gasteiger partial charge on any atom is 0.146 e. The zero-order valence-electron chi connectivity index (χ0n) is 10.8. The molecule has 0 saturated carbocycles. The maximum atomic E-state index is 10.1. The van der Waals surface area contributed by atoms with Crippen molar-refractivity contribution >= 4 is 11.6 Å². The summed E-state index contributed by atoms with van der Waals surface area (Å²) in [5.74, 6) is 1.27. The molecule has 0 bridgehead atoms. The lowest BCUT2D eigenvalue weighted by Crippen LogP contribution is -2.15. The van der Waals surface area contributed by atoms with Crippen LogP contribution in [0.3, 0.4) is 0 Å². The van der Waals surface area contributed by atoms with Gasteiger partial charge in [-0.2, -0.15) is 0 Å². The highest BCUT2D eigenvalue weighted by Crippen LogP contribution is 2.19. The van der Waals surface area contributed by atoms with Crippen LogP contribution in [0.5, 0.6) is 5.75 Å². The SMILES string of the molecule is CCCn1ccnc1C(O)COc1cccc(Cl)c1. The Hall–Kier alpha value is -1.52. The molecule has 4 nitrogen and oxygen atoms in total. The van der Waals surface area contributed by atoms with Gasteiger partial charge < -0.3 is 14.4 Å². The highest BCUT2D eigenvalue weighted by molar-refractivity contribution is 6.30. The van der Waals surface area contributed by atoms with Gasteiger partial charge in [0.2, 0.25) is 0 Å². The Morgan fingerprint density at radius 2 is 2.32 bits per heavy atom. The van der Waals surface area contributed by atoms with Crippen molar-refractivity contribution in [2.24, 2.45) is 0 Å². The van der Waals surface area contributed by atoms with Crippen molar-refractivity contribution in [1.82, 2.24) is 9.55 Å². The molecular formula is C14H17ClN2O2. The summed E-state index contributed by atoms with van der Waals surface area (Å²) in [6.45, 7) is 3.07. The fraction of sp³-hybridized carbons (Fsp3) is 0.357. The Balaban J connectivity index is 1.97. The summed E-state index contributed by atoms with van der Waals surface area (Å²) in [5, 5.41) is 10.7. The van der Waals surface area contributed by atoms with Gasteiger partial charge in [0.05, 0.1) is 0 Å². The van der Waals surface area contributed by atoms with Crippen LogP contribution in [0.2, 0.25) is 5.02 Å². The van der Waals surface area contributed by atoms with Gasteiger partial charge in [-0.3, -0.25) is 0 Å². The molecule has 1 aromatic heterocycles. The van der Waals surface area contributed by atoms with Gasteiger partial charge in [0.15, 0.2) is 0 Å². The number of ether oxygens (including phenoxy) is 1. The van der Waals surface area contributed by atoms with Crippen molar-refractivity contribution in [2.45, 2.75) is 26.0 Å². The lowest BCUT2D eigenvalue weighted by atomic mass is 10.3. The van der Waals surface area contributed by atoms with Crippen molar-refractivity contribution in [3.63, 3.8) is 0 Å². The molecule has 2 aromatic rings. The average Bonchev–Trinajstić information content (AvgIpc) is 2.85. The van der Waals surface area contributed by atoms with Crippen molar-refractivity contribution < 1.29 is 9.84 Å². The molecule has 0 aliphatic heterocycles. The van der Waals surface area contributed by atoms with E-state index >= 15 is 0 Å². The lowest BCUT2D eigenvalue weighted by Gasteiger charge is -2.14. The number of aliphatic hydroxyl groups is 1. The van der Waals surface area contributed by atoms with Crippen LogP contribution < -0.4 is 4.74 Å². The molecule has 0 fully saturated rings. The Morgan fingerprint density at radius 3 is 3.05 bits per heavy atom. The van der Waals surface area contributed by atoms with Crippen LogP contribution in [0.1, 0.15) is 25.3 Å². The molecular weight excluding hydrogens is 264 g/mol. The van der Waals surface area contributed by atoms with E-state index in [1.54, 1.807) is 24.4 Å². The lowest BCUT2D eigenvalue weighted by molar-refractivity contribution is 0.0974. The zero-order chi connectivity index (χ0) is 13.7. The average molecular weight is 281 g/mol. The Bertz CT molecular complexity index is 528. The number of hydrogen-bond acceptors (Lipinski definition) is 3. The molecule has 0 radical (unpaired) electrons. The minimum absolute atomic E-state index is 0.154. The summed E-state index contributed by atoms with van der Waals surface area (Å²) in [4.78, 5) is 4.17. The zero-order valence-corrected chi connectivity index (χ0v) is 11.5. The Morgan fingerprint density at radius 1 is 1.47 bits per heavy atom. The first-order valence-electron chi connectivity index (χ1n) is 6.28. The van der Waals surface area contributed by atoms with E-state index in [0.29, 0.717) is 16.6 Å². The first kappa shape index (κ1) is 13.9. The largest absolute Gasteiger partial charge is 0.490 e. The number of aryl methyl sites for hydroxylation is 1. The van der Waals surface area contributed by atoms with Crippen molar-refractivity contribution in [2.75, 3.05) is 6.61 Å². The van der Waals surface area contributed by atoms with E-state index in [2.05, 4.69) is 11.9 Å². The fourth-order valence-electron chi connectivity index (χ4n) is 1.85. The van der Waals surface area contributed by atoms with E-state index < -0.39 is 6.10 Å². The normalized spacial score (nSPS) is 12.4. The number of aliphatic hydroxyl groups excluding tert-OH is 1. The predicted molar refractivity (Wildman–Crippen MR) is 74.4 cm³/mol. The molecule has 102 valence electrons. The third kappa shape index (κ3) is 3.72. The number of rotatable bonds is 6. The fourth-order valence-corrected chi connectivity index (χ4v) is 2.03. The number of hydrogen-bond donors (Lipinski definition) is 1. The second-order valence-electron chi connectivity index (χ2n) is 4.26. The molecule has 19 heavy (non-hydrogen) atoms. The quantitative estimate of drug-likeness (QED) is 0.885. The van der Waals surface area contributed by atoms with Crippen LogP contribution in [-0.4, -0.2) is 21.3 Å². The van der Waals surface area contributed by atoms with E-state index in [1.165, 1.54) is 0 Å². The van der Waals surface area contributed by atoms with Gasteiger partial charge in [0.1, 0.15) is 24.3 Å². The van der Waals surface area contributed by atoms with Gasteiger partial charge in [0.25, 0.3) is 0 Å². The molecule has 0 aliphatic rings. The molecule has 1 heterocycles. The van der Waals surface area contributed by atoms with Gasteiger partial charge >= 0.3 is 0 Å². The third-order valence-corrected chi connectivity index (χ3v) is 2.95. The summed E-state index contributed by atoms with van der Waals surface area (Å²) in [6.07, 6.45) is 3.79. The molecule has 1 unspecified atom stereocenters. The van der Waals surface area contributed by atoms with Crippen molar-refractivity contribution in [3.05, 3.63) is 47.5 Å². The molecule has 2 rings (SSSR count). The van der Waals surface area contributed by atoms with E-state index in [4.69, 9.17) is 16.3 Å². The maximum absolute atomic E-state index is 10.1. The predicted octanol–water partition coefficient (Wildman–Crippen LogP) is 3.06. The minimum atomic E-state index is -0.750. The number of aromatic nitrogens is 2. The standard InChI is InChI=1S/C14H17ClN2O2/c1-2-7-17-8-6-16-14(17)13(18)10-19-12-5-3-4-11(15)9-12/h3-6,8-9,13,18H,2,7,10H2,1H3. The summed E-state index contributed by atoms with van der Waals surface area (Å²) < 4.78 is 7.45. The highest BCUT2D eigenvalue weighted by atomic mass is 35.5. The van der Waals surface area contributed by atoms with Gasteiger partial charge in [-0.1, -0.05) is 24.6 Å². The molecule has 0 amide bonds. The monoisotopic (exact) mass is 280 g/mol. The van der Waals surface area contributed by atoms with E-state index in [1.807, 2.05) is 16.8 Å². The number of nitrogens with zero attached hydrogens (tertiary/aromatic N) is 2. The van der Waals surface area contributed by atoms with Crippen molar-refractivity contribution in [3.8, 4) is 5.75 Å². The van der Waals surface area contributed by atoms with Crippen LogP contribution >= 0.6 is 11.6 Å². The summed E-state index contributed by atoms with van der Waals surface area (Å²) >= 11 is 5.87. The Labute approximate surface area is 117 Å². The van der Waals surface area contributed by atoms with Crippen molar-refractivity contribution in [1.29, 1.82) is 0 Å². The molecule has 5 heteroatoms. The first-order chi connectivity index (χ1) is 9.20. The van der Waals surface area contributed by atoms with Gasteiger partial charge in [0, 0.05) is 24.0 Å². The molecule has 0 saturated heterocycles. The molecule has 1 aromatic carbocycles. The summed E-state index contributed by atoms with van der Waals surface area (Å²) in [5.41, 5.74) is 0. The van der Waals surface area contributed by atoms with Crippen LogP contribution in [0, 0.1) is 0 Å². The topological polar surface area (TPSA) is 47.3 Å².